The van der Waals surface area contributed by atoms with Gasteiger partial charge in [0.25, 0.3) is 5.56 Å². The first kappa shape index (κ1) is 24.9. The summed E-state index contributed by atoms with van der Waals surface area (Å²) < 4.78 is 34.0. The summed E-state index contributed by atoms with van der Waals surface area (Å²) in [7, 11) is 0. The van der Waals surface area contributed by atoms with Gasteiger partial charge in [-0.05, 0) is 25.5 Å². The molecule has 0 radical (unpaired) electrons. The lowest BCUT2D eigenvalue weighted by atomic mass is 9.93. The van der Waals surface area contributed by atoms with Crippen molar-refractivity contribution in [2.24, 2.45) is 0 Å². The first-order valence-electron chi connectivity index (χ1n) is 10.7. The van der Waals surface area contributed by atoms with Crippen molar-refractivity contribution < 1.29 is 13.5 Å². The number of ether oxygens (including phenoxy) is 1. The van der Waals surface area contributed by atoms with E-state index in [-0.39, 0.29) is 28.5 Å². The Morgan fingerprint density at radius 1 is 1.11 bits per heavy atom. The van der Waals surface area contributed by atoms with Crippen LogP contribution in [0.25, 0.3) is 16.4 Å². The van der Waals surface area contributed by atoms with Gasteiger partial charge in [-0.25, -0.2) is 13.8 Å². The summed E-state index contributed by atoms with van der Waals surface area (Å²) in [5.74, 6) is -1.55. The normalized spacial score (nSPS) is 11.7. The summed E-state index contributed by atoms with van der Waals surface area (Å²) in [6.45, 7) is 9.55. The molecule has 0 N–H and O–H groups in total. The van der Waals surface area contributed by atoms with Crippen molar-refractivity contribution in [3.05, 3.63) is 85.6 Å². The molecule has 0 aliphatic rings. The molecule has 0 aliphatic heterocycles. The third-order valence-corrected chi connectivity index (χ3v) is 6.57. The Bertz CT molecular complexity index is 1480. The predicted octanol–water partition coefficient (Wildman–Crippen LogP) is 6.18. The van der Waals surface area contributed by atoms with Gasteiger partial charge in [-0.2, -0.15) is 0 Å². The molecule has 0 saturated carbocycles. The minimum atomic E-state index is -0.845. The van der Waals surface area contributed by atoms with Crippen LogP contribution in [0.4, 0.5) is 8.78 Å². The second-order valence-electron chi connectivity index (χ2n) is 9.12. The number of hydrogen-bond acceptors (Lipinski definition) is 6. The van der Waals surface area contributed by atoms with Crippen LogP contribution in [0.5, 0.6) is 5.75 Å². The van der Waals surface area contributed by atoms with E-state index in [4.69, 9.17) is 21.3 Å². The third-order valence-electron chi connectivity index (χ3n) is 5.36. The number of rotatable bonds is 5. The van der Waals surface area contributed by atoms with Crippen LogP contribution in [0.2, 0.25) is 5.02 Å². The standard InChI is InChI=1S/C25H23ClF2N4O2S/c1-13-9-29-17(23-31-21(12-35-23)25(3,4)5)8-19(13)32-14(2)6-20(22(26)24(32)33)34-11-18-16(28)7-15(27)10-30-18/h6-10,12H,11H2,1-5H3. The van der Waals surface area contributed by atoms with Gasteiger partial charge in [0.1, 0.15) is 39.6 Å². The van der Waals surface area contributed by atoms with E-state index < -0.39 is 17.2 Å². The molecule has 0 amide bonds. The summed E-state index contributed by atoms with van der Waals surface area (Å²) in [6, 6.07) is 4.11. The van der Waals surface area contributed by atoms with Gasteiger partial charge in [0.15, 0.2) is 5.82 Å². The highest BCUT2D eigenvalue weighted by Gasteiger charge is 2.20. The first-order valence-corrected chi connectivity index (χ1v) is 12.0. The molecule has 4 aromatic heterocycles. The Kier molecular flexibility index (Phi) is 6.75. The van der Waals surface area contributed by atoms with E-state index in [9.17, 15) is 13.6 Å². The molecule has 0 unspecified atom stereocenters. The summed E-state index contributed by atoms with van der Waals surface area (Å²) in [5.41, 5.74) is 2.86. The number of aryl methyl sites for hydroxylation is 2. The number of halogens is 3. The average molecular weight is 517 g/mol. The summed E-state index contributed by atoms with van der Waals surface area (Å²) in [4.78, 5) is 26.2. The Hall–Kier alpha value is -3.17. The van der Waals surface area contributed by atoms with Gasteiger partial charge in [-0.3, -0.25) is 19.3 Å². The molecule has 4 aromatic rings. The lowest BCUT2D eigenvalue weighted by Crippen LogP contribution is -2.23. The molecule has 182 valence electrons. The van der Waals surface area contributed by atoms with Crippen LogP contribution in [-0.2, 0) is 12.0 Å². The van der Waals surface area contributed by atoms with Gasteiger partial charge in [0.2, 0.25) is 0 Å². The fourth-order valence-electron chi connectivity index (χ4n) is 3.39. The van der Waals surface area contributed by atoms with Crippen LogP contribution in [0, 0.1) is 25.5 Å². The highest BCUT2D eigenvalue weighted by atomic mass is 35.5. The van der Waals surface area contributed by atoms with Gasteiger partial charge in [0, 0.05) is 34.8 Å². The average Bonchev–Trinajstić information content (AvgIpc) is 3.28. The largest absolute Gasteiger partial charge is 0.485 e. The van der Waals surface area contributed by atoms with Gasteiger partial charge >= 0.3 is 0 Å². The number of aromatic nitrogens is 4. The maximum absolute atomic E-state index is 13.9. The van der Waals surface area contributed by atoms with Crippen molar-refractivity contribution >= 4 is 22.9 Å². The zero-order valence-corrected chi connectivity index (χ0v) is 21.4. The van der Waals surface area contributed by atoms with E-state index in [0.717, 1.165) is 22.5 Å². The van der Waals surface area contributed by atoms with Gasteiger partial charge in [-0.15, -0.1) is 11.3 Å². The van der Waals surface area contributed by atoms with Crippen LogP contribution < -0.4 is 10.3 Å². The highest BCUT2D eigenvalue weighted by molar-refractivity contribution is 7.13. The quantitative estimate of drug-likeness (QED) is 0.317. The molecule has 4 rings (SSSR count). The van der Waals surface area contributed by atoms with E-state index in [1.165, 1.54) is 15.9 Å². The number of thiazole rings is 1. The van der Waals surface area contributed by atoms with E-state index >= 15 is 0 Å². The van der Waals surface area contributed by atoms with Crippen LogP contribution in [-0.4, -0.2) is 19.5 Å². The molecular weight excluding hydrogens is 494 g/mol. The Labute approximate surface area is 210 Å². The molecule has 10 heteroatoms. The molecule has 0 fully saturated rings. The fraction of sp³-hybridized carbons (Fsp3) is 0.280. The molecule has 6 nitrogen and oxygen atoms in total. The summed E-state index contributed by atoms with van der Waals surface area (Å²) in [5, 5.41) is 2.59. The molecular formula is C25H23ClF2N4O2S. The molecule has 0 bridgehead atoms. The van der Waals surface area contributed by atoms with Crippen LogP contribution in [0.3, 0.4) is 0 Å². The minimum Gasteiger partial charge on any atom is -0.485 e. The monoisotopic (exact) mass is 516 g/mol. The van der Waals surface area contributed by atoms with Crippen molar-refractivity contribution in [2.75, 3.05) is 0 Å². The van der Waals surface area contributed by atoms with E-state index in [2.05, 4.69) is 30.7 Å². The van der Waals surface area contributed by atoms with Crippen molar-refractivity contribution in [1.29, 1.82) is 0 Å². The van der Waals surface area contributed by atoms with Crippen molar-refractivity contribution in [2.45, 2.75) is 46.6 Å². The zero-order chi connectivity index (χ0) is 25.5. The maximum atomic E-state index is 13.9. The molecule has 0 atom stereocenters. The summed E-state index contributed by atoms with van der Waals surface area (Å²) in [6.07, 6.45) is 2.58. The Morgan fingerprint density at radius 3 is 2.51 bits per heavy atom. The summed E-state index contributed by atoms with van der Waals surface area (Å²) >= 11 is 7.85. The second kappa shape index (κ2) is 9.47. The SMILES string of the molecule is Cc1cnc(-c2nc(C(C)(C)C)cs2)cc1-n1c(C)cc(OCc2ncc(F)cc2F)c(Cl)c1=O. The molecule has 0 aromatic carbocycles. The molecule has 4 heterocycles. The lowest BCUT2D eigenvalue weighted by molar-refractivity contribution is 0.292. The molecule has 0 aliphatic carbocycles. The van der Waals surface area contributed by atoms with Gasteiger partial charge < -0.3 is 4.74 Å². The van der Waals surface area contributed by atoms with Crippen molar-refractivity contribution in [3.63, 3.8) is 0 Å². The number of pyridine rings is 3. The van der Waals surface area contributed by atoms with E-state index in [1.54, 1.807) is 19.2 Å². The van der Waals surface area contributed by atoms with Gasteiger partial charge in [-0.1, -0.05) is 32.4 Å². The topological polar surface area (TPSA) is 69.9 Å². The minimum absolute atomic E-state index is 0.0811. The van der Waals surface area contributed by atoms with Crippen molar-refractivity contribution in [1.82, 2.24) is 19.5 Å². The number of nitrogens with zero attached hydrogens (tertiary/aromatic N) is 4. The smallest absolute Gasteiger partial charge is 0.277 e. The Morgan fingerprint density at radius 2 is 1.86 bits per heavy atom. The molecule has 35 heavy (non-hydrogen) atoms. The predicted molar refractivity (Wildman–Crippen MR) is 133 cm³/mol. The van der Waals surface area contributed by atoms with E-state index in [0.29, 0.717) is 23.1 Å². The van der Waals surface area contributed by atoms with E-state index in [1.807, 2.05) is 18.4 Å². The highest BCUT2D eigenvalue weighted by Crippen LogP contribution is 2.31. The maximum Gasteiger partial charge on any atom is 0.277 e. The Balaban J connectivity index is 1.70. The van der Waals surface area contributed by atoms with Crippen LogP contribution in [0.1, 0.15) is 43.4 Å². The van der Waals surface area contributed by atoms with Crippen molar-refractivity contribution in [3.8, 4) is 22.1 Å². The molecule has 0 saturated heterocycles. The lowest BCUT2D eigenvalue weighted by Gasteiger charge is -2.16. The van der Waals surface area contributed by atoms with Crippen LogP contribution >= 0.6 is 22.9 Å². The second-order valence-corrected chi connectivity index (χ2v) is 10.4. The molecule has 0 spiro atoms. The van der Waals surface area contributed by atoms with Gasteiger partial charge in [0.05, 0.1) is 17.6 Å². The zero-order valence-electron chi connectivity index (χ0n) is 19.8. The fourth-order valence-corrected chi connectivity index (χ4v) is 4.59. The third kappa shape index (κ3) is 5.11. The van der Waals surface area contributed by atoms with Crippen LogP contribution in [0.15, 0.2) is 40.8 Å². The first-order chi connectivity index (χ1) is 16.5. The number of hydrogen-bond donors (Lipinski definition) is 0.